The Morgan fingerprint density at radius 2 is 1.93 bits per heavy atom. The van der Waals surface area contributed by atoms with E-state index in [9.17, 15) is 4.79 Å². The third kappa shape index (κ3) is 6.93. The highest BCUT2D eigenvalue weighted by Gasteiger charge is 2.15. The molecule has 0 aromatic rings. The molecule has 0 fully saturated rings. The van der Waals surface area contributed by atoms with Crippen molar-refractivity contribution in [3.8, 4) is 0 Å². The monoisotopic (exact) mass is 200 g/mol. The standard InChI is InChI=1S/C12H24O2/c1-6-12(4,5)9-7-8-11(13)14-10(2)3/h10H,6-9H2,1-5H3. The first-order chi connectivity index (χ1) is 6.37. The Morgan fingerprint density at radius 1 is 1.36 bits per heavy atom. The molecule has 0 spiro atoms. The number of esters is 1. The van der Waals surface area contributed by atoms with E-state index in [2.05, 4.69) is 20.8 Å². The molecule has 14 heavy (non-hydrogen) atoms. The van der Waals surface area contributed by atoms with Gasteiger partial charge in [0.05, 0.1) is 6.10 Å². The molecule has 0 rings (SSSR count). The highest BCUT2D eigenvalue weighted by Crippen LogP contribution is 2.26. The van der Waals surface area contributed by atoms with Crippen LogP contribution in [0.2, 0.25) is 0 Å². The zero-order valence-electron chi connectivity index (χ0n) is 10.2. The van der Waals surface area contributed by atoms with Crippen LogP contribution in [0, 0.1) is 5.41 Å². The molecule has 0 aromatic carbocycles. The highest BCUT2D eigenvalue weighted by atomic mass is 16.5. The quantitative estimate of drug-likeness (QED) is 0.613. The van der Waals surface area contributed by atoms with Crippen molar-refractivity contribution >= 4 is 5.97 Å². The number of hydrogen-bond acceptors (Lipinski definition) is 2. The molecule has 0 aliphatic carbocycles. The van der Waals surface area contributed by atoms with Crippen molar-refractivity contribution in [2.24, 2.45) is 5.41 Å². The Balaban J connectivity index is 3.59. The van der Waals surface area contributed by atoms with Gasteiger partial charge in [0.15, 0.2) is 0 Å². The van der Waals surface area contributed by atoms with Crippen molar-refractivity contribution in [2.75, 3.05) is 0 Å². The highest BCUT2D eigenvalue weighted by molar-refractivity contribution is 5.69. The third-order valence-electron chi connectivity index (χ3n) is 2.56. The Kier molecular flexibility index (Phi) is 5.82. The van der Waals surface area contributed by atoms with Gasteiger partial charge in [-0.25, -0.2) is 0 Å². The zero-order chi connectivity index (χ0) is 11.2. The number of carbonyl (C=O) groups is 1. The Morgan fingerprint density at radius 3 is 2.36 bits per heavy atom. The lowest BCUT2D eigenvalue weighted by Crippen LogP contribution is -2.13. The molecular weight excluding hydrogens is 176 g/mol. The van der Waals surface area contributed by atoms with Gasteiger partial charge in [-0.05, 0) is 32.1 Å². The number of carbonyl (C=O) groups excluding carboxylic acids is 1. The summed E-state index contributed by atoms with van der Waals surface area (Å²) in [6.45, 7) is 10.4. The van der Waals surface area contributed by atoms with Crippen molar-refractivity contribution < 1.29 is 9.53 Å². The van der Waals surface area contributed by atoms with Gasteiger partial charge < -0.3 is 4.74 Å². The van der Waals surface area contributed by atoms with E-state index >= 15 is 0 Å². The van der Waals surface area contributed by atoms with Crippen LogP contribution in [-0.2, 0) is 9.53 Å². The predicted molar refractivity (Wildman–Crippen MR) is 59.2 cm³/mol. The van der Waals surface area contributed by atoms with Crippen LogP contribution >= 0.6 is 0 Å². The fraction of sp³-hybridized carbons (Fsp3) is 0.917. The minimum atomic E-state index is -0.0631. The molecular formula is C12H24O2. The van der Waals surface area contributed by atoms with Gasteiger partial charge in [-0.1, -0.05) is 27.2 Å². The SMILES string of the molecule is CCC(C)(C)CCCC(=O)OC(C)C. The lowest BCUT2D eigenvalue weighted by Gasteiger charge is -2.21. The molecule has 0 saturated heterocycles. The lowest BCUT2D eigenvalue weighted by molar-refractivity contribution is -0.147. The molecule has 0 N–H and O–H groups in total. The Bertz CT molecular complexity index is 171. The molecule has 0 unspecified atom stereocenters. The molecule has 0 aliphatic rings. The van der Waals surface area contributed by atoms with Crippen LogP contribution in [-0.4, -0.2) is 12.1 Å². The normalized spacial score (nSPS) is 11.9. The fourth-order valence-electron chi connectivity index (χ4n) is 1.21. The molecule has 0 amide bonds. The maximum absolute atomic E-state index is 11.2. The van der Waals surface area contributed by atoms with Crippen molar-refractivity contribution in [2.45, 2.75) is 66.4 Å². The van der Waals surface area contributed by atoms with Crippen LogP contribution in [0.4, 0.5) is 0 Å². The summed E-state index contributed by atoms with van der Waals surface area (Å²) >= 11 is 0. The predicted octanol–water partition coefficient (Wildman–Crippen LogP) is 3.54. The molecule has 0 aliphatic heterocycles. The van der Waals surface area contributed by atoms with E-state index in [1.807, 2.05) is 13.8 Å². The molecule has 0 heterocycles. The molecule has 0 saturated carbocycles. The summed E-state index contributed by atoms with van der Waals surface area (Å²) < 4.78 is 5.06. The number of hydrogen-bond donors (Lipinski definition) is 0. The fourth-order valence-corrected chi connectivity index (χ4v) is 1.21. The summed E-state index contributed by atoms with van der Waals surface area (Å²) in [5.74, 6) is -0.0631. The average Bonchev–Trinajstić information content (AvgIpc) is 2.02. The third-order valence-corrected chi connectivity index (χ3v) is 2.56. The van der Waals surface area contributed by atoms with E-state index in [-0.39, 0.29) is 12.1 Å². The van der Waals surface area contributed by atoms with Gasteiger partial charge in [0.25, 0.3) is 0 Å². The molecule has 0 bridgehead atoms. The topological polar surface area (TPSA) is 26.3 Å². The summed E-state index contributed by atoms with van der Waals surface area (Å²) in [5.41, 5.74) is 0.359. The molecule has 2 nitrogen and oxygen atoms in total. The van der Waals surface area contributed by atoms with E-state index in [0.717, 1.165) is 19.3 Å². The number of rotatable bonds is 6. The van der Waals surface area contributed by atoms with Crippen LogP contribution in [0.5, 0.6) is 0 Å². The Hall–Kier alpha value is -0.530. The second-order valence-electron chi connectivity index (χ2n) is 4.91. The Labute approximate surface area is 88.0 Å². The van der Waals surface area contributed by atoms with Crippen LogP contribution in [0.25, 0.3) is 0 Å². The van der Waals surface area contributed by atoms with Crippen LogP contribution in [0.1, 0.15) is 60.3 Å². The average molecular weight is 200 g/mol. The van der Waals surface area contributed by atoms with Crippen molar-refractivity contribution in [3.63, 3.8) is 0 Å². The van der Waals surface area contributed by atoms with Gasteiger partial charge in [0.2, 0.25) is 0 Å². The molecule has 0 aromatic heterocycles. The van der Waals surface area contributed by atoms with E-state index < -0.39 is 0 Å². The maximum atomic E-state index is 11.2. The summed E-state index contributed by atoms with van der Waals surface area (Å²) in [5, 5.41) is 0. The van der Waals surface area contributed by atoms with Crippen molar-refractivity contribution in [1.29, 1.82) is 0 Å². The van der Waals surface area contributed by atoms with E-state index in [1.54, 1.807) is 0 Å². The summed E-state index contributed by atoms with van der Waals surface area (Å²) in [6.07, 6.45) is 3.76. The maximum Gasteiger partial charge on any atom is 0.306 e. The zero-order valence-corrected chi connectivity index (χ0v) is 10.2. The smallest absolute Gasteiger partial charge is 0.306 e. The second-order valence-corrected chi connectivity index (χ2v) is 4.91. The number of ether oxygens (including phenoxy) is 1. The largest absolute Gasteiger partial charge is 0.463 e. The van der Waals surface area contributed by atoms with Crippen LogP contribution in [0.3, 0.4) is 0 Å². The van der Waals surface area contributed by atoms with Gasteiger partial charge >= 0.3 is 5.97 Å². The van der Waals surface area contributed by atoms with Gasteiger partial charge in [-0.15, -0.1) is 0 Å². The van der Waals surface area contributed by atoms with Crippen LogP contribution in [0.15, 0.2) is 0 Å². The van der Waals surface area contributed by atoms with Gasteiger partial charge in [0, 0.05) is 6.42 Å². The van der Waals surface area contributed by atoms with Gasteiger partial charge in [-0.3, -0.25) is 4.79 Å². The summed E-state index contributed by atoms with van der Waals surface area (Å²) in [7, 11) is 0. The van der Waals surface area contributed by atoms with Gasteiger partial charge in [0.1, 0.15) is 0 Å². The van der Waals surface area contributed by atoms with E-state index in [1.165, 1.54) is 0 Å². The summed E-state index contributed by atoms with van der Waals surface area (Å²) in [4.78, 5) is 11.2. The molecule has 0 atom stereocenters. The molecule has 0 radical (unpaired) electrons. The van der Waals surface area contributed by atoms with Crippen molar-refractivity contribution in [3.05, 3.63) is 0 Å². The first-order valence-corrected chi connectivity index (χ1v) is 5.57. The van der Waals surface area contributed by atoms with E-state index in [0.29, 0.717) is 11.8 Å². The molecule has 84 valence electrons. The first kappa shape index (κ1) is 13.5. The lowest BCUT2D eigenvalue weighted by atomic mass is 9.85. The minimum absolute atomic E-state index is 0.0154. The first-order valence-electron chi connectivity index (χ1n) is 5.57. The second kappa shape index (κ2) is 6.05. The van der Waals surface area contributed by atoms with Gasteiger partial charge in [-0.2, -0.15) is 0 Å². The van der Waals surface area contributed by atoms with E-state index in [4.69, 9.17) is 4.74 Å². The minimum Gasteiger partial charge on any atom is -0.463 e. The molecule has 2 heteroatoms. The summed E-state index contributed by atoms with van der Waals surface area (Å²) in [6, 6.07) is 0. The van der Waals surface area contributed by atoms with Crippen molar-refractivity contribution in [1.82, 2.24) is 0 Å². The van der Waals surface area contributed by atoms with Crippen LogP contribution < -0.4 is 0 Å².